The molecule has 0 aliphatic heterocycles. The van der Waals surface area contributed by atoms with E-state index < -0.39 is 27.5 Å². The number of aromatic nitrogens is 1. The highest BCUT2D eigenvalue weighted by atomic mass is 35.6. The van der Waals surface area contributed by atoms with Gasteiger partial charge in [-0.1, -0.05) is 65.1 Å². The van der Waals surface area contributed by atoms with Gasteiger partial charge >= 0.3 is 0 Å². The Bertz CT molecular complexity index is 1050. The summed E-state index contributed by atoms with van der Waals surface area (Å²) in [5.41, 5.74) is 1.23. The lowest BCUT2D eigenvalue weighted by molar-refractivity contribution is -0.116. The van der Waals surface area contributed by atoms with Crippen molar-refractivity contribution in [1.82, 2.24) is 10.3 Å². The maximum atomic E-state index is 14.0. The van der Waals surface area contributed by atoms with E-state index in [1.165, 1.54) is 12.1 Å². The van der Waals surface area contributed by atoms with Crippen LogP contribution in [0.2, 0.25) is 0 Å². The molecule has 1 aromatic heterocycles. The Hall–Kier alpha value is -2.19. The normalized spacial score (nSPS) is 12.7. The van der Waals surface area contributed by atoms with Crippen LogP contribution in [0.5, 0.6) is 0 Å². The number of halogens is 5. The summed E-state index contributed by atoms with van der Waals surface area (Å²) in [6, 6.07) is 12.4. The van der Waals surface area contributed by atoms with E-state index in [9.17, 15) is 13.6 Å². The number of alkyl halides is 3. The molecule has 1 amide bonds. The van der Waals surface area contributed by atoms with Crippen molar-refractivity contribution in [3.05, 3.63) is 77.2 Å². The van der Waals surface area contributed by atoms with Crippen LogP contribution >= 0.6 is 46.1 Å². The second-order valence-corrected chi connectivity index (χ2v) is 9.26. The molecule has 3 rings (SSSR count). The van der Waals surface area contributed by atoms with Gasteiger partial charge in [-0.05, 0) is 23.8 Å². The standard InChI is InChI=1S/C20H14Cl3F2N3OS/c21-20(22,23)18(27-17(29)9-6-12-4-2-1-3-5-12)28-19-26-16(11-30-19)14-8-7-13(24)10-15(14)25/h1-11,18H,(H,26,28)(H,27,29). The molecular weight excluding hydrogens is 475 g/mol. The van der Waals surface area contributed by atoms with Gasteiger partial charge < -0.3 is 10.6 Å². The summed E-state index contributed by atoms with van der Waals surface area (Å²) in [5.74, 6) is -1.93. The van der Waals surface area contributed by atoms with Crippen LogP contribution in [-0.2, 0) is 4.79 Å². The van der Waals surface area contributed by atoms with Crippen LogP contribution in [0.15, 0.2) is 60.0 Å². The molecule has 1 heterocycles. The lowest BCUT2D eigenvalue weighted by Crippen LogP contribution is -2.48. The third-order valence-corrected chi connectivity index (χ3v) is 5.25. The van der Waals surface area contributed by atoms with Crippen molar-refractivity contribution in [1.29, 1.82) is 0 Å². The van der Waals surface area contributed by atoms with Crippen molar-refractivity contribution in [3.63, 3.8) is 0 Å². The first kappa shape index (κ1) is 22.5. The molecule has 0 saturated heterocycles. The molecule has 156 valence electrons. The zero-order valence-corrected chi connectivity index (χ0v) is 18.2. The molecule has 0 saturated carbocycles. The Labute approximate surface area is 190 Å². The molecule has 3 aromatic rings. The monoisotopic (exact) mass is 487 g/mol. The number of carbonyl (C=O) groups excluding carboxylic acids is 1. The van der Waals surface area contributed by atoms with Crippen LogP contribution < -0.4 is 10.6 Å². The molecule has 4 nitrogen and oxygen atoms in total. The zero-order valence-electron chi connectivity index (χ0n) is 15.1. The molecule has 2 N–H and O–H groups in total. The maximum Gasteiger partial charge on any atom is 0.245 e. The molecule has 0 spiro atoms. The second kappa shape index (κ2) is 9.75. The van der Waals surface area contributed by atoms with Gasteiger partial charge in [0.1, 0.15) is 17.8 Å². The van der Waals surface area contributed by atoms with Crippen LogP contribution in [0.25, 0.3) is 17.3 Å². The first-order valence-corrected chi connectivity index (χ1v) is 10.5. The van der Waals surface area contributed by atoms with E-state index in [1.807, 2.05) is 30.3 Å². The van der Waals surface area contributed by atoms with Crippen molar-refractivity contribution in [2.75, 3.05) is 5.32 Å². The number of thiazole rings is 1. The van der Waals surface area contributed by atoms with Crippen LogP contribution in [-0.4, -0.2) is 20.8 Å². The first-order chi connectivity index (χ1) is 14.2. The number of benzene rings is 2. The van der Waals surface area contributed by atoms with Crippen LogP contribution in [0.1, 0.15) is 5.56 Å². The summed E-state index contributed by atoms with van der Waals surface area (Å²) in [4.78, 5) is 16.5. The highest BCUT2D eigenvalue weighted by Gasteiger charge is 2.34. The summed E-state index contributed by atoms with van der Waals surface area (Å²) in [6.45, 7) is 0. The minimum absolute atomic E-state index is 0.126. The van der Waals surface area contributed by atoms with Crippen molar-refractivity contribution >= 4 is 63.3 Å². The lowest BCUT2D eigenvalue weighted by atomic mass is 10.1. The molecular formula is C20H14Cl3F2N3OS. The van der Waals surface area contributed by atoms with Gasteiger partial charge in [0.25, 0.3) is 0 Å². The third kappa shape index (κ3) is 6.15. The van der Waals surface area contributed by atoms with Gasteiger partial charge in [0.15, 0.2) is 5.13 Å². The first-order valence-electron chi connectivity index (χ1n) is 8.50. The number of rotatable bonds is 6. The molecule has 1 unspecified atom stereocenters. The Morgan fingerprint density at radius 2 is 1.87 bits per heavy atom. The molecule has 10 heteroatoms. The Kier molecular flexibility index (Phi) is 7.31. The Morgan fingerprint density at radius 3 is 2.53 bits per heavy atom. The van der Waals surface area contributed by atoms with Gasteiger partial charge in [0, 0.05) is 23.1 Å². The number of hydrogen-bond acceptors (Lipinski definition) is 4. The highest BCUT2D eigenvalue weighted by molar-refractivity contribution is 7.14. The highest BCUT2D eigenvalue weighted by Crippen LogP contribution is 2.33. The molecule has 2 aromatic carbocycles. The smallest absolute Gasteiger partial charge is 0.245 e. The zero-order chi connectivity index (χ0) is 21.7. The van der Waals surface area contributed by atoms with E-state index in [0.717, 1.165) is 29.0 Å². The molecule has 30 heavy (non-hydrogen) atoms. The molecule has 0 aliphatic rings. The van der Waals surface area contributed by atoms with E-state index in [1.54, 1.807) is 11.5 Å². The molecule has 0 bridgehead atoms. The van der Waals surface area contributed by atoms with Crippen molar-refractivity contribution < 1.29 is 13.6 Å². The molecule has 1 atom stereocenters. The number of nitrogens with one attached hydrogen (secondary N) is 2. The summed E-state index contributed by atoms with van der Waals surface area (Å²) >= 11 is 19.1. The molecule has 0 radical (unpaired) electrons. The fourth-order valence-corrected chi connectivity index (χ4v) is 3.48. The average molecular weight is 489 g/mol. The van der Waals surface area contributed by atoms with Crippen molar-refractivity contribution in [2.45, 2.75) is 9.96 Å². The quantitative estimate of drug-likeness (QED) is 0.253. The SMILES string of the molecule is O=C(C=Cc1ccccc1)NC(Nc1nc(-c2ccc(F)cc2F)cs1)C(Cl)(Cl)Cl. The predicted molar refractivity (Wildman–Crippen MR) is 119 cm³/mol. The van der Waals surface area contributed by atoms with Crippen molar-refractivity contribution in [2.24, 2.45) is 0 Å². The summed E-state index contributed by atoms with van der Waals surface area (Å²) in [7, 11) is 0. The predicted octanol–water partition coefficient (Wildman–Crippen LogP) is 6.03. The third-order valence-electron chi connectivity index (χ3n) is 3.82. The second-order valence-electron chi connectivity index (χ2n) is 6.03. The van der Waals surface area contributed by atoms with E-state index >= 15 is 0 Å². The minimum atomic E-state index is -1.90. The number of hydrogen-bond donors (Lipinski definition) is 2. The van der Waals surface area contributed by atoms with Gasteiger partial charge in [-0.2, -0.15) is 0 Å². The van der Waals surface area contributed by atoms with Crippen LogP contribution in [0.3, 0.4) is 0 Å². The number of carbonyl (C=O) groups is 1. The average Bonchev–Trinajstić information content (AvgIpc) is 3.14. The topological polar surface area (TPSA) is 54.0 Å². The summed E-state index contributed by atoms with van der Waals surface area (Å²) < 4.78 is 25.2. The fraction of sp³-hybridized carbons (Fsp3) is 0.100. The molecule has 0 aliphatic carbocycles. The minimum Gasteiger partial charge on any atom is -0.338 e. The summed E-state index contributed by atoms with van der Waals surface area (Å²) in [5, 5.41) is 7.21. The van der Waals surface area contributed by atoms with Crippen LogP contribution in [0.4, 0.5) is 13.9 Å². The van der Waals surface area contributed by atoms with E-state index in [-0.39, 0.29) is 16.4 Å². The van der Waals surface area contributed by atoms with Crippen LogP contribution in [0, 0.1) is 11.6 Å². The van der Waals surface area contributed by atoms with Gasteiger partial charge in [-0.3, -0.25) is 4.79 Å². The lowest BCUT2D eigenvalue weighted by Gasteiger charge is -2.25. The Balaban J connectivity index is 1.72. The van der Waals surface area contributed by atoms with Gasteiger partial charge in [-0.15, -0.1) is 11.3 Å². The summed E-state index contributed by atoms with van der Waals surface area (Å²) in [6.07, 6.45) is 1.80. The van der Waals surface area contributed by atoms with E-state index in [0.29, 0.717) is 0 Å². The number of amides is 1. The molecule has 0 fully saturated rings. The Morgan fingerprint density at radius 1 is 1.13 bits per heavy atom. The van der Waals surface area contributed by atoms with E-state index in [4.69, 9.17) is 34.8 Å². The number of nitrogens with zero attached hydrogens (tertiary/aromatic N) is 1. The van der Waals surface area contributed by atoms with Gasteiger partial charge in [0.2, 0.25) is 9.70 Å². The van der Waals surface area contributed by atoms with E-state index in [2.05, 4.69) is 15.6 Å². The fourth-order valence-electron chi connectivity index (χ4n) is 2.41. The largest absolute Gasteiger partial charge is 0.338 e. The van der Waals surface area contributed by atoms with Gasteiger partial charge in [-0.25, -0.2) is 13.8 Å². The number of anilines is 1. The maximum absolute atomic E-state index is 14.0. The van der Waals surface area contributed by atoms with Gasteiger partial charge in [0.05, 0.1) is 5.69 Å². The van der Waals surface area contributed by atoms with Crippen molar-refractivity contribution in [3.8, 4) is 11.3 Å².